The van der Waals surface area contributed by atoms with Gasteiger partial charge in [-0.3, -0.25) is 0 Å². The topological polar surface area (TPSA) is 68.5 Å². The first-order chi connectivity index (χ1) is 16.8. The number of aromatic nitrogens is 5. The van der Waals surface area contributed by atoms with Gasteiger partial charge >= 0.3 is 0 Å². The molecule has 6 nitrogen and oxygen atoms in total. The van der Waals surface area contributed by atoms with E-state index in [-0.39, 0.29) is 0 Å². The van der Waals surface area contributed by atoms with Gasteiger partial charge in [0.05, 0.1) is 23.0 Å². The van der Waals surface area contributed by atoms with Crippen LogP contribution in [0.1, 0.15) is 5.56 Å². The molecule has 3 aromatic carbocycles. The average molecular weight is 461 g/mol. The zero-order valence-electron chi connectivity index (χ0n) is 18.2. The Kier molecular flexibility index (Phi) is 5.29. The van der Waals surface area contributed by atoms with Crippen LogP contribution in [0.2, 0.25) is 0 Å². The van der Waals surface area contributed by atoms with Gasteiger partial charge in [0.15, 0.2) is 5.65 Å². The van der Waals surface area contributed by atoms with Crippen LogP contribution in [-0.4, -0.2) is 24.7 Å². The van der Waals surface area contributed by atoms with Gasteiger partial charge in [-0.25, -0.2) is 19.6 Å². The van der Waals surface area contributed by atoms with Gasteiger partial charge in [0, 0.05) is 23.1 Å². The number of hydrogen-bond acceptors (Lipinski definition) is 6. The fourth-order valence-electron chi connectivity index (χ4n) is 3.84. The van der Waals surface area contributed by atoms with Crippen LogP contribution in [0.25, 0.3) is 38.5 Å². The Morgan fingerprint density at radius 2 is 1.56 bits per heavy atom. The molecule has 0 spiro atoms. The van der Waals surface area contributed by atoms with Crippen molar-refractivity contribution in [2.45, 2.75) is 6.54 Å². The van der Waals surface area contributed by atoms with Gasteiger partial charge in [0.25, 0.3) is 0 Å². The molecule has 0 bridgehead atoms. The molecule has 0 saturated carbocycles. The van der Waals surface area contributed by atoms with Crippen molar-refractivity contribution in [2.75, 3.05) is 5.32 Å². The number of nitrogens with one attached hydrogen (secondary N) is 1. The number of para-hydroxylation sites is 1. The van der Waals surface area contributed by atoms with Crippen LogP contribution >= 0.6 is 11.3 Å². The van der Waals surface area contributed by atoms with Crippen molar-refractivity contribution in [1.82, 2.24) is 24.7 Å². The highest BCUT2D eigenvalue weighted by Gasteiger charge is 2.11. The zero-order chi connectivity index (χ0) is 22.7. The number of thiazole rings is 1. The van der Waals surface area contributed by atoms with Crippen LogP contribution in [0.3, 0.4) is 0 Å². The Morgan fingerprint density at radius 3 is 2.35 bits per heavy atom. The molecule has 0 saturated heterocycles. The summed E-state index contributed by atoms with van der Waals surface area (Å²) in [6, 6.07) is 28.7. The molecule has 0 fully saturated rings. The predicted octanol–water partition coefficient (Wildman–Crippen LogP) is 6.22. The van der Waals surface area contributed by atoms with Gasteiger partial charge in [0.1, 0.15) is 17.2 Å². The van der Waals surface area contributed by atoms with Crippen LogP contribution in [0.5, 0.6) is 0 Å². The van der Waals surface area contributed by atoms with E-state index in [0.29, 0.717) is 6.54 Å². The van der Waals surface area contributed by atoms with Crippen LogP contribution in [0.15, 0.2) is 103 Å². The normalized spacial score (nSPS) is 11.1. The van der Waals surface area contributed by atoms with E-state index in [4.69, 9.17) is 4.98 Å². The van der Waals surface area contributed by atoms with Crippen molar-refractivity contribution in [2.24, 2.45) is 0 Å². The Bertz CT molecular complexity index is 1540. The van der Waals surface area contributed by atoms with Crippen molar-refractivity contribution in [3.63, 3.8) is 0 Å². The molecule has 0 radical (unpaired) electrons. The van der Waals surface area contributed by atoms with Gasteiger partial charge in [-0.2, -0.15) is 5.10 Å². The summed E-state index contributed by atoms with van der Waals surface area (Å²) in [6.45, 7) is 0.649. The molecule has 164 valence electrons. The predicted molar refractivity (Wildman–Crippen MR) is 137 cm³/mol. The Hall–Kier alpha value is -4.36. The largest absolute Gasteiger partial charge is 0.365 e. The summed E-state index contributed by atoms with van der Waals surface area (Å²) in [5.41, 5.74) is 6.16. The molecule has 6 rings (SSSR count). The highest BCUT2D eigenvalue weighted by molar-refractivity contribution is 7.13. The second-order valence-corrected chi connectivity index (χ2v) is 8.66. The lowest BCUT2D eigenvalue weighted by Crippen LogP contribution is -2.03. The summed E-state index contributed by atoms with van der Waals surface area (Å²) in [5.74, 6) is 0.767. The first-order valence-electron chi connectivity index (χ1n) is 10.9. The van der Waals surface area contributed by atoms with Crippen LogP contribution < -0.4 is 5.32 Å². The maximum Gasteiger partial charge on any atom is 0.168 e. The fourth-order valence-corrected chi connectivity index (χ4v) is 4.68. The first-order valence-corrected chi connectivity index (χ1v) is 11.8. The number of fused-ring (bicyclic) bond motifs is 1. The summed E-state index contributed by atoms with van der Waals surface area (Å²) in [7, 11) is 0. The van der Waals surface area contributed by atoms with E-state index in [1.165, 1.54) is 0 Å². The van der Waals surface area contributed by atoms with Gasteiger partial charge < -0.3 is 5.32 Å². The number of hydrogen-bond donors (Lipinski definition) is 1. The second kappa shape index (κ2) is 8.88. The molecular weight excluding hydrogens is 440 g/mol. The maximum atomic E-state index is 4.81. The van der Waals surface area contributed by atoms with Gasteiger partial charge in [-0.1, -0.05) is 72.8 Å². The molecule has 0 aliphatic carbocycles. The molecule has 34 heavy (non-hydrogen) atoms. The van der Waals surface area contributed by atoms with E-state index in [9.17, 15) is 0 Å². The van der Waals surface area contributed by atoms with Gasteiger partial charge in [-0.05, 0) is 17.7 Å². The van der Waals surface area contributed by atoms with Gasteiger partial charge in [-0.15, -0.1) is 11.3 Å². The molecule has 0 atom stereocenters. The summed E-state index contributed by atoms with van der Waals surface area (Å²) >= 11 is 1.66. The molecule has 6 aromatic rings. The third kappa shape index (κ3) is 3.93. The number of benzene rings is 3. The molecular formula is C27H20N6S. The minimum absolute atomic E-state index is 0.649. The second-order valence-electron chi connectivity index (χ2n) is 7.81. The van der Waals surface area contributed by atoms with E-state index >= 15 is 0 Å². The van der Waals surface area contributed by atoms with Crippen molar-refractivity contribution < 1.29 is 0 Å². The zero-order valence-corrected chi connectivity index (χ0v) is 19.0. The quantitative estimate of drug-likeness (QED) is 0.320. The van der Waals surface area contributed by atoms with Gasteiger partial charge in [0.2, 0.25) is 0 Å². The Balaban J connectivity index is 1.18. The first kappa shape index (κ1) is 20.3. The van der Waals surface area contributed by atoms with Crippen molar-refractivity contribution in [3.05, 3.63) is 108 Å². The lowest BCUT2D eigenvalue weighted by molar-refractivity contribution is 0.895. The molecule has 1 N–H and O–H groups in total. The Morgan fingerprint density at radius 1 is 0.794 bits per heavy atom. The SMILES string of the molecule is c1ccc(-c2csc(-c3ccc(CNc4ncnc5c4cnn5-c4ccccc4)cc3)n2)cc1. The molecule has 0 aliphatic rings. The summed E-state index contributed by atoms with van der Waals surface area (Å²) in [6.07, 6.45) is 3.38. The van der Waals surface area contributed by atoms with Crippen molar-refractivity contribution in [3.8, 4) is 27.5 Å². The van der Waals surface area contributed by atoms with Crippen LogP contribution in [-0.2, 0) is 6.54 Å². The molecule has 0 amide bonds. The number of anilines is 1. The summed E-state index contributed by atoms with van der Waals surface area (Å²) in [4.78, 5) is 13.7. The Labute approximate surface area is 200 Å². The summed E-state index contributed by atoms with van der Waals surface area (Å²) < 4.78 is 1.83. The smallest absolute Gasteiger partial charge is 0.168 e. The van der Waals surface area contributed by atoms with E-state index in [1.807, 2.05) is 53.2 Å². The van der Waals surface area contributed by atoms with Crippen molar-refractivity contribution >= 4 is 28.2 Å². The molecule has 0 unspecified atom stereocenters. The standard InChI is InChI=1S/C27H20N6S/c1-3-7-20(8-4-1)24-17-34-27(32-24)21-13-11-19(12-14-21)15-28-25-23-16-31-33(26(23)30-18-29-25)22-9-5-2-6-10-22/h1-14,16-18H,15H2,(H,28,29,30). The molecule has 0 aliphatic heterocycles. The minimum Gasteiger partial charge on any atom is -0.365 e. The third-order valence-corrected chi connectivity index (χ3v) is 6.49. The third-order valence-electron chi connectivity index (χ3n) is 5.60. The average Bonchev–Trinajstić information content (AvgIpc) is 3.57. The number of nitrogens with zero attached hydrogens (tertiary/aromatic N) is 5. The monoisotopic (exact) mass is 460 g/mol. The van der Waals surface area contributed by atoms with E-state index in [2.05, 4.69) is 62.2 Å². The van der Waals surface area contributed by atoms with Crippen LogP contribution in [0, 0.1) is 0 Å². The molecule has 7 heteroatoms. The highest BCUT2D eigenvalue weighted by atomic mass is 32.1. The van der Waals surface area contributed by atoms with E-state index in [0.717, 1.165) is 49.9 Å². The molecule has 3 aromatic heterocycles. The summed E-state index contributed by atoms with van der Waals surface area (Å²) in [5, 5.41) is 12.0. The molecule has 3 heterocycles. The van der Waals surface area contributed by atoms with Crippen LogP contribution in [0.4, 0.5) is 5.82 Å². The van der Waals surface area contributed by atoms with E-state index in [1.54, 1.807) is 23.9 Å². The highest BCUT2D eigenvalue weighted by Crippen LogP contribution is 2.29. The van der Waals surface area contributed by atoms with E-state index < -0.39 is 0 Å². The maximum absolute atomic E-state index is 4.81. The minimum atomic E-state index is 0.649. The fraction of sp³-hybridized carbons (Fsp3) is 0.0370. The number of rotatable bonds is 6. The lowest BCUT2D eigenvalue weighted by atomic mass is 10.1. The van der Waals surface area contributed by atoms with Crippen molar-refractivity contribution in [1.29, 1.82) is 0 Å². The lowest BCUT2D eigenvalue weighted by Gasteiger charge is -2.08.